The van der Waals surface area contributed by atoms with Crippen molar-refractivity contribution in [2.45, 2.75) is 39.2 Å². The number of benzene rings is 1. The Hall–Kier alpha value is -2.14. The second-order valence-corrected chi connectivity index (χ2v) is 6.74. The number of hydrogen-bond acceptors (Lipinski definition) is 3. The van der Waals surface area contributed by atoms with Crippen LogP contribution in [0.1, 0.15) is 41.0 Å². The van der Waals surface area contributed by atoms with Crippen LogP contribution in [0.15, 0.2) is 30.3 Å². The van der Waals surface area contributed by atoms with Crippen LogP contribution in [0.4, 0.5) is 0 Å². The average Bonchev–Trinajstić information content (AvgIpc) is 3.11. The van der Waals surface area contributed by atoms with E-state index in [-0.39, 0.29) is 17.9 Å². The van der Waals surface area contributed by atoms with Crippen LogP contribution in [0.2, 0.25) is 0 Å². The molecule has 0 saturated heterocycles. The van der Waals surface area contributed by atoms with Gasteiger partial charge in [0.2, 0.25) is 0 Å². The molecule has 1 fully saturated rings. The number of aromatic nitrogens is 2. The van der Waals surface area contributed by atoms with Gasteiger partial charge in [-0.05, 0) is 38.8 Å². The maximum absolute atomic E-state index is 12.9. The van der Waals surface area contributed by atoms with Gasteiger partial charge in [-0.1, -0.05) is 24.6 Å². The fourth-order valence-electron chi connectivity index (χ4n) is 3.63. The molecular weight excluding hydrogens is 302 g/mol. The summed E-state index contributed by atoms with van der Waals surface area (Å²) < 4.78 is 1.82. The summed E-state index contributed by atoms with van der Waals surface area (Å²) in [5.41, 5.74) is 3.20. The molecule has 1 N–H and O–H groups in total. The molecule has 0 aliphatic heterocycles. The number of nitrogens with zero attached hydrogens (tertiary/aromatic N) is 3. The normalized spacial score (nSPS) is 20.3. The molecule has 1 aliphatic carbocycles. The number of rotatable bonds is 4. The first-order valence-corrected chi connectivity index (χ1v) is 8.54. The average molecular weight is 327 g/mol. The van der Waals surface area contributed by atoms with Crippen LogP contribution in [0.5, 0.6) is 0 Å². The molecule has 1 amide bonds. The maximum atomic E-state index is 12.9. The van der Waals surface area contributed by atoms with Crippen molar-refractivity contribution < 1.29 is 9.90 Å². The molecule has 3 rings (SSSR count). The molecule has 1 aromatic heterocycles. The number of aryl methyl sites for hydroxylation is 1. The molecule has 0 bridgehead atoms. The van der Waals surface area contributed by atoms with Crippen LogP contribution in [0.3, 0.4) is 0 Å². The summed E-state index contributed by atoms with van der Waals surface area (Å²) >= 11 is 0. The number of para-hydroxylation sites is 1. The SMILES string of the molecule is Cc1nn(-c2ccccc2)c(C)c1C(=O)N(C)CC1CCCC1O. The Morgan fingerprint density at radius 2 is 2.00 bits per heavy atom. The van der Waals surface area contributed by atoms with E-state index in [1.807, 2.05) is 55.9 Å². The highest BCUT2D eigenvalue weighted by Crippen LogP contribution is 2.27. The molecule has 2 atom stereocenters. The zero-order chi connectivity index (χ0) is 17.3. The van der Waals surface area contributed by atoms with Crippen molar-refractivity contribution in [3.8, 4) is 5.69 Å². The smallest absolute Gasteiger partial charge is 0.257 e. The first kappa shape index (κ1) is 16.7. The minimum atomic E-state index is -0.283. The van der Waals surface area contributed by atoms with Crippen molar-refractivity contribution in [1.82, 2.24) is 14.7 Å². The molecule has 0 radical (unpaired) electrons. The Morgan fingerprint density at radius 1 is 1.29 bits per heavy atom. The molecule has 5 heteroatoms. The fourth-order valence-corrected chi connectivity index (χ4v) is 3.63. The first-order chi connectivity index (χ1) is 11.5. The quantitative estimate of drug-likeness (QED) is 0.939. The molecular formula is C19H25N3O2. The summed E-state index contributed by atoms with van der Waals surface area (Å²) in [6.45, 7) is 4.39. The highest BCUT2D eigenvalue weighted by atomic mass is 16.3. The van der Waals surface area contributed by atoms with Gasteiger partial charge in [-0.3, -0.25) is 4.79 Å². The Morgan fingerprint density at radius 3 is 2.62 bits per heavy atom. The van der Waals surface area contributed by atoms with Gasteiger partial charge < -0.3 is 10.0 Å². The van der Waals surface area contributed by atoms with Gasteiger partial charge in [-0.15, -0.1) is 0 Å². The van der Waals surface area contributed by atoms with E-state index in [0.29, 0.717) is 12.1 Å². The number of hydrogen-bond donors (Lipinski definition) is 1. The van der Waals surface area contributed by atoms with Gasteiger partial charge in [0.1, 0.15) is 0 Å². The van der Waals surface area contributed by atoms with Crippen LogP contribution in [-0.2, 0) is 0 Å². The number of aliphatic hydroxyl groups excluding tert-OH is 1. The van der Waals surface area contributed by atoms with E-state index in [1.165, 1.54) is 0 Å². The summed E-state index contributed by atoms with van der Waals surface area (Å²) in [7, 11) is 1.81. The third kappa shape index (κ3) is 3.08. The fraction of sp³-hybridized carbons (Fsp3) is 0.474. The predicted molar refractivity (Wildman–Crippen MR) is 93.3 cm³/mol. The summed E-state index contributed by atoms with van der Waals surface area (Å²) in [6, 6.07) is 9.84. The van der Waals surface area contributed by atoms with Crippen molar-refractivity contribution in [2.24, 2.45) is 5.92 Å². The van der Waals surface area contributed by atoms with Gasteiger partial charge >= 0.3 is 0 Å². The highest BCUT2D eigenvalue weighted by molar-refractivity contribution is 5.96. The predicted octanol–water partition coefficient (Wildman–Crippen LogP) is 2.72. The highest BCUT2D eigenvalue weighted by Gasteiger charge is 2.29. The molecule has 1 aromatic carbocycles. The number of carbonyl (C=O) groups is 1. The van der Waals surface area contributed by atoms with E-state index in [1.54, 1.807) is 4.90 Å². The maximum Gasteiger partial charge on any atom is 0.257 e. The van der Waals surface area contributed by atoms with Crippen molar-refractivity contribution in [3.63, 3.8) is 0 Å². The van der Waals surface area contributed by atoms with Gasteiger partial charge in [0.05, 0.1) is 28.7 Å². The number of carbonyl (C=O) groups excluding carboxylic acids is 1. The molecule has 1 heterocycles. The molecule has 2 unspecified atom stereocenters. The van der Waals surface area contributed by atoms with Crippen LogP contribution in [-0.4, -0.2) is 45.4 Å². The second kappa shape index (κ2) is 6.77. The Kier molecular flexibility index (Phi) is 4.71. The van der Waals surface area contributed by atoms with Crippen molar-refractivity contribution in [1.29, 1.82) is 0 Å². The first-order valence-electron chi connectivity index (χ1n) is 8.54. The summed E-state index contributed by atoms with van der Waals surface area (Å²) in [5.74, 6) is 0.162. The van der Waals surface area contributed by atoms with E-state index in [2.05, 4.69) is 5.10 Å². The third-order valence-corrected chi connectivity index (χ3v) is 4.98. The zero-order valence-electron chi connectivity index (χ0n) is 14.6. The Bertz CT molecular complexity index is 724. The molecule has 0 spiro atoms. The minimum Gasteiger partial charge on any atom is -0.393 e. The molecule has 128 valence electrons. The summed E-state index contributed by atoms with van der Waals surface area (Å²) in [4.78, 5) is 14.6. The van der Waals surface area contributed by atoms with Gasteiger partial charge in [-0.2, -0.15) is 5.10 Å². The van der Waals surface area contributed by atoms with Crippen molar-refractivity contribution in [2.75, 3.05) is 13.6 Å². The molecule has 2 aromatic rings. The topological polar surface area (TPSA) is 58.4 Å². The molecule has 1 aliphatic rings. The molecule has 24 heavy (non-hydrogen) atoms. The second-order valence-electron chi connectivity index (χ2n) is 6.74. The van der Waals surface area contributed by atoms with E-state index in [4.69, 9.17) is 0 Å². The van der Waals surface area contributed by atoms with Gasteiger partial charge in [0.25, 0.3) is 5.91 Å². The zero-order valence-corrected chi connectivity index (χ0v) is 14.6. The Balaban J connectivity index is 1.83. The van der Waals surface area contributed by atoms with Crippen LogP contribution in [0.25, 0.3) is 5.69 Å². The van der Waals surface area contributed by atoms with Crippen LogP contribution in [0, 0.1) is 19.8 Å². The van der Waals surface area contributed by atoms with E-state index >= 15 is 0 Å². The van der Waals surface area contributed by atoms with Crippen molar-refractivity contribution >= 4 is 5.91 Å². The lowest BCUT2D eigenvalue weighted by molar-refractivity contribution is 0.0692. The molecule has 1 saturated carbocycles. The minimum absolute atomic E-state index is 0.0220. The number of amides is 1. The van der Waals surface area contributed by atoms with Crippen molar-refractivity contribution in [3.05, 3.63) is 47.3 Å². The lowest BCUT2D eigenvalue weighted by Gasteiger charge is -2.23. The standard InChI is InChI=1S/C19H25N3O2/c1-13-18(14(2)22(20-13)16-9-5-4-6-10-16)19(24)21(3)12-15-8-7-11-17(15)23/h4-6,9-10,15,17,23H,7-8,11-12H2,1-3H3. The van der Waals surface area contributed by atoms with E-state index < -0.39 is 0 Å². The van der Waals surface area contributed by atoms with E-state index in [0.717, 1.165) is 36.3 Å². The molecule has 5 nitrogen and oxygen atoms in total. The number of aliphatic hydroxyl groups is 1. The van der Waals surface area contributed by atoms with Crippen LogP contribution >= 0.6 is 0 Å². The van der Waals surface area contributed by atoms with Crippen LogP contribution < -0.4 is 0 Å². The lowest BCUT2D eigenvalue weighted by atomic mass is 10.0. The van der Waals surface area contributed by atoms with Gasteiger partial charge in [-0.25, -0.2) is 4.68 Å². The lowest BCUT2D eigenvalue weighted by Crippen LogP contribution is -2.35. The monoisotopic (exact) mass is 327 g/mol. The van der Waals surface area contributed by atoms with Gasteiger partial charge in [0.15, 0.2) is 0 Å². The van der Waals surface area contributed by atoms with E-state index in [9.17, 15) is 9.90 Å². The Labute approximate surface area is 142 Å². The summed E-state index contributed by atoms with van der Waals surface area (Å²) in [5, 5.41) is 14.5. The third-order valence-electron chi connectivity index (χ3n) is 4.98. The van der Waals surface area contributed by atoms with Gasteiger partial charge in [0, 0.05) is 19.5 Å². The largest absolute Gasteiger partial charge is 0.393 e. The summed E-state index contributed by atoms with van der Waals surface area (Å²) in [6.07, 6.45) is 2.59.